The van der Waals surface area contributed by atoms with Crippen LogP contribution < -0.4 is 10.1 Å². The van der Waals surface area contributed by atoms with Gasteiger partial charge in [0.1, 0.15) is 18.1 Å². The summed E-state index contributed by atoms with van der Waals surface area (Å²) in [6.45, 7) is 4.54. The highest BCUT2D eigenvalue weighted by Gasteiger charge is 2.47. The lowest BCUT2D eigenvalue weighted by Crippen LogP contribution is -2.57. The number of benzene rings is 2. The second-order valence-corrected chi connectivity index (χ2v) is 11.6. The molecule has 1 aliphatic carbocycles. The molecule has 3 unspecified atom stereocenters. The van der Waals surface area contributed by atoms with Crippen LogP contribution in [0.3, 0.4) is 0 Å². The summed E-state index contributed by atoms with van der Waals surface area (Å²) in [5.41, 5.74) is 1.92. The molecule has 0 aromatic heterocycles. The fraction of sp³-hybridized carbons (Fsp3) is 0.333. The molecule has 2 aliphatic heterocycles. The Kier molecular flexibility index (Phi) is 8.29. The van der Waals surface area contributed by atoms with E-state index in [-0.39, 0.29) is 30.5 Å². The Balaban J connectivity index is 1.69. The number of rotatable bonds is 5. The number of ether oxygens (including phenoxy) is 1. The molecule has 1 saturated heterocycles. The maximum atomic E-state index is 14.4. The zero-order valence-electron chi connectivity index (χ0n) is 22.2. The molecule has 10 heteroatoms. The second kappa shape index (κ2) is 11.9. The Morgan fingerprint density at radius 3 is 2.77 bits per heavy atom. The first-order valence-electron chi connectivity index (χ1n) is 13.2. The smallest absolute Gasteiger partial charge is 0.326 e. The molecule has 3 atom stereocenters. The number of allylic oxidation sites excluding steroid dienone is 3. The molecule has 40 heavy (non-hydrogen) atoms. The summed E-state index contributed by atoms with van der Waals surface area (Å²) in [5, 5.41) is 12.9. The average Bonchev–Trinajstić information content (AvgIpc) is 3.33. The van der Waals surface area contributed by atoms with Crippen LogP contribution >= 0.6 is 27.5 Å². The topological polar surface area (TPSA) is 98.0 Å². The fourth-order valence-corrected chi connectivity index (χ4v) is 5.84. The van der Waals surface area contributed by atoms with E-state index in [4.69, 9.17) is 21.3 Å². The number of carbonyl (C=O) groups excluding carboxylic acids is 2. The Morgan fingerprint density at radius 1 is 1.27 bits per heavy atom. The van der Waals surface area contributed by atoms with Crippen molar-refractivity contribution in [3.63, 3.8) is 0 Å². The zero-order chi connectivity index (χ0) is 28.4. The summed E-state index contributed by atoms with van der Waals surface area (Å²) in [6, 6.07) is 13.7. The predicted molar refractivity (Wildman–Crippen MR) is 158 cm³/mol. The van der Waals surface area contributed by atoms with E-state index in [0.717, 1.165) is 10.0 Å². The molecular weight excluding hydrogens is 594 g/mol. The number of halogens is 2. The number of carbonyl (C=O) groups is 2. The van der Waals surface area contributed by atoms with E-state index in [0.29, 0.717) is 47.2 Å². The van der Waals surface area contributed by atoms with Crippen molar-refractivity contribution in [1.29, 1.82) is 5.26 Å². The zero-order valence-corrected chi connectivity index (χ0v) is 24.5. The molecule has 1 N–H and O–H groups in total. The Labute approximate surface area is 247 Å². The molecule has 8 nitrogen and oxygen atoms in total. The summed E-state index contributed by atoms with van der Waals surface area (Å²) in [7, 11) is 0. The van der Waals surface area contributed by atoms with E-state index >= 15 is 0 Å². The van der Waals surface area contributed by atoms with Crippen molar-refractivity contribution >= 4 is 45.3 Å². The van der Waals surface area contributed by atoms with E-state index in [2.05, 4.69) is 39.5 Å². The van der Waals surface area contributed by atoms with Gasteiger partial charge in [-0.3, -0.25) is 14.7 Å². The van der Waals surface area contributed by atoms with Crippen LogP contribution in [0.15, 0.2) is 70.2 Å². The molecule has 206 valence electrons. The molecule has 0 saturated carbocycles. The molecular formula is C30H29BrClN5O3. The Hall–Kier alpha value is -3.61. The largest absolute Gasteiger partial charge is 0.490 e. The minimum atomic E-state index is -0.432. The number of nitrogens with zero attached hydrogens (tertiary/aromatic N) is 4. The van der Waals surface area contributed by atoms with Gasteiger partial charge in [-0.25, -0.2) is 4.79 Å². The number of piperazine rings is 1. The normalized spacial score (nSPS) is 22.5. The van der Waals surface area contributed by atoms with Crippen molar-refractivity contribution in [1.82, 2.24) is 15.1 Å². The van der Waals surface area contributed by atoms with Crippen molar-refractivity contribution in [2.75, 3.05) is 19.6 Å². The lowest BCUT2D eigenvalue weighted by molar-refractivity contribution is -0.123. The van der Waals surface area contributed by atoms with Gasteiger partial charge in [0.15, 0.2) is 0 Å². The number of nitriles is 1. The van der Waals surface area contributed by atoms with Gasteiger partial charge in [-0.15, -0.1) is 0 Å². The molecule has 0 radical (unpaired) electrons. The van der Waals surface area contributed by atoms with E-state index in [1.165, 1.54) is 0 Å². The first-order chi connectivity index (χ1) is 19.2. The van der Waals surface area contributed by atoms with Crippen LogP contribution in [0.5, 0.6) is 5.75 Å². The molecule has 0 spiro atoms. The third kappa shape index (κ3) is 5.79. The maximum absolute atomic E-state index is 14.4. The van der Waals surface area contributed by atoms with E-state index in [9.17, 15) is 14.9 Å². The Morgan fingerprint density at radius 2 is 2.10 bits per heavy atom. The number of hydrogen-bond donors (Lipinski definition) is 1. The van der Waals surface area contributed by atoms with Crippen molar-refractivity contribution in [3.05, 3.63) is 86.9 Å². The van der Waals surface area contributed by atoms with Gasteiger partial charge in [-0.2, -0.15) is 5.26 Å². The van der Waals surface area contributed by atoms with Gasteiger partial charge in [0, 0.05) is 28.5 Å². The number of urea groups is 1. The predicted octanol–water partition coefficient (Wildman–Crippen LogP) is 5.58. The lowest BCUT2D eigenvalue weighted by Gasteiger charge is -2.38. The van der Waals surface area contributed by atoms with Gasteiger partial charge in [0.25, 0.3) is 0 Å². The van der Waals surface area contributed by atoms with Crippen molar-refractivity contribution in [3.8, 4) is 11.8 Å². The average molecular weight is 623 g/mol. The van der Waals surface area contributed by atoms with E-state index in [1.54, 1.807) is 28.0 Å². The number of amidine groups is 1. The van der Waals surface area contributed by atoms with E-state index < -0.39 is 12.1 Å². The second-order valence-electron chi connectivity index (χ2n) is 10.2. The molecule has 2 heterocycles. The van der Waals surface area contributed by atoms with E-state index in [1.807, 2.05) is 44.2 Å². The molecule has 3 aliphatic rings. The van der Waals surface area contributed by atoms with Crippen molar-refractivity contribution in [2.24, 2.45) is 10.9 Å². The highest BCUT2D eigenvalue weighted by molar-refractivity contribution is 9.11. The number of amides is 3. The third-order valence-electron chi connectivity index (χ3n) is 7.06. The monoisotopic (exact) mass is 621 g/mol. The maximum Gasteiger partial charge on any atom is 0.326 e. The number of hydrogen-bond acceptors (Lipinski definition) is 5. The van der Waals surface area contributed by atoms with Gasteiger partial charge < -0.3 is 15.0 Å². The molecule has 1 fully saturated rings. The summed E-state index contributed by atoms with van der Waals surface area (Å²) >= 11 is 9.97. The highest BCUT2D eigenvalue weighted by atomic mass is 79.9. The van der Waals surface area contributed by atoms with Gasteiger partial charge in [-0.1, -0.05) is 57.9 Å². The first-order valence-corrected chi connectivity index (χ1v) is 14.4. The minimum absolute atomic E-state index is 0.0359. The summed E-state index contributed by atoms with van der Waals surface area (Å²) in [6.07, 6.45) is 6.69. The highest BCUT2D eigenvalue weighted by Crippen LogP contribution is 2.43. The van der Waals surface area contributed by atoms with Gasteiger partial charge in [0.05, 0.1) is 35.4 Å². The van der Waals surface area contributed by atoms with Crippen LogP contribution in [-0.2, 0) is 4.79 Å². The van der Waals surface area contributed by atoms with Crippen LogP contribution in [0.4, 0.5) is 4.79 Å². The van der Waals surface area contributed by atoms with Gasteiger partial charge >= 0.3 is 6.03 Å². The van der Waals surface area contributed by atoms with Gasteiger partial charge in [-0.05, 0) is 56.2 Å². The lowest BCUT2D eigenvalue weighted by atomic mass is 9.85. The SMILES string of the molecule is CC(C)Oc1cc(C#N)ccc1C1=NC(c2cccc(Cl)c2)C(C2C=CC(Br)=CC2)N1C(=O)N1CCNC(=O)C1. The van der Waals surface area contributed by atoms with Crippen molar-refractivity contribution < 1.29 is 14.3 Å². The summed E-state index contributed by atoms with van der Waals surface area (Å²) in [4.78, 5) is 35.1. The molecule has 0 bridgehead atoms. The Bertz CT molecular complexity index is 1460. The third-order valence-corrected chi connectivity index (χ3v) is 7.88. The summed E-state index contributed by atoms with van der Waals surface area (Å²) < 4.78 is 7.13. The molecule has 2 aromatic rings. The van der Waals surface area contributed by atoms with Crippen LogP contribution in [0.1, 0.15) is 43.0 Å². The quantitative estimate of drug-likeness (QED) is 0.471. The van der Waals surface area contributed by atoms with Crippen LogP contribution in [0.2, 0.25) is 5.02 Å². The molecule has 3 amide bonds. The standard InChI is InChI=1S/C30H29BrClN5O3/c1-18(2)40-25-14-19(16-33)6-11-24(25)29-35-27(21-4-3-5-23(32)15-21)28(20-7-9-22(31)10-8-20)37(29)30(39)36-13-12-34-26(38)17-36/h3-7,9-11,14-15,18,20,27-28H,8,12-13,17H2,1-2H3,(H,34,38). The van der Waals surface area contributed by atoms with Gasteiger partial charge in [0.2, 0.25) is 5.91 Å². The fourth-order valence-electron chi connectivity index (χ4n) is 5.30. The van der Waals surface area contributed by atoms with Crippen LogP contribution in [0.25, 0.3) is 0 Å². The summed E-state index contributed by atoms with van der Waals surface area (Å²) in [5.74, 6) is 0.635. The number of nitrogens with one attached hydrogen (secondary N) is 1. The molecule has 5 rings (SSSR count). The van der Waals surface area contributed by atoms with Crippen molar-refractivity contribution in [2.45, 2.75) is 38.5 Å². The number of aliphatic imine (C=N–C) groups is 1. The first kappa shape index (κ1) is 27.9. The minimum Gasteiger partial charge on any atom is -0.490 e. The molecule has 2 aromatic carbocycles. The van der Waals surface area contributed by atoms with Crippen LogP contribution in [-0.4, -0.2) is 59.4 Å². The van der Waals surface area contributed by atoms with Crippen LogP contribution in [0, 0.1) is 17.2 Å².